The number of hydrogen-bond donors (Lipinski definition) is 0. The maximum Gasteiger partial charge on any atom is 0.238 e. The molecule has 0 saturated carbocycles. The average molecular weight is 1740 g/mol. The molecular weight excluding hydrogens is 1680 g/mol. The van der Waals surface area contributed by atoms with Crippen molar-refractivity contribution in [1.82, 2.24) is 73.5 Å². The highest BCUT2D eigenvalue weighted by atomic mass is 32.1. The van der Waals surface area contributed by atoms with E-state index in [2.05, 4.69) is 305 Å². The van der Waals surface area contributed by atoms with Gasteiger partial charge in [-0.2, -0.15) is 9.97 Å². The Morgan fingerprint density at radius 1 is 0.174 bits per heavy atom. The van der Waals surface area contributed by atoms with Crippen molar-refractivity contribution in [3.63, 3.8) is 0 Å². The Bertz CT molecular complexity index is 8940. The summed E-state index contributed by atoms with van der Waals surface area (Å²) in [7, 11) is 0. The predicted octanol–water partition coefficient (Wildman–Crippen LogP) is 29.0. The predicted molar refractivity (Wildman–Crippen MR) is 540 cm³/mol. The van der Waals surface area contributed by atoms with Crippen molar-refractivity contribution in [3.05, 3.63) is 406 Å². The van der Waals surface area contributed by atoms with E-state index < -0.39 is 0 Å². The maximum atomic E-state index is 5.42. The average Bonchev–Trinajstić information content (AvgIpc) is 1.58. The Morgan fingerprint density at radius 2 is 0.500 bits per heavy atom. The van der Waals surface area contributed by atoms with E-state index in [1.165, 1.54) is 0 Å². The SMILES string of the molecule is c1ccc(-c2nc(-c3ccc(-n4c5cccc(-c6ccc(-c7nc(-c8ccccc8)nc(-c8cccc(-n9c%10ccccc%10c%10cccc(-c%11nc%12ccccc%12s%11)c%109)c8)n7)cc6)c5c5cccc(-c6nc7ccccc7s6)c54)cc3)nc(-c3cccc(-c4ccc5c(c4)c4cccc(-c6nc7ccccc7s6)c4n5-c4nc(-c5ccccc5)nc(-c5ccccc5)n4)c3)n2)cc1. The smallest absolute Gasteiger partial charge is 0.238 e. The van der Waals surface area contributed by atoms with Crippen molar-refractivity contribution in [3.8, 4) is 162 Å². The molecule has 26 aromatic rings. The molecular formula is C114H67N15S3. The highest BCUT2D eigenvalue weighted by Crippen LogP contribution is 2.48. The van der Waals surface area contributed by atoms with Crippen LogP contribution in [0.1, 0.15) is 0 Å². The zero-order valence-electron chi connectivity index (χ0n) is 70.1. The second kappa shape index (κ2) is 31.4. The van der Waals surface area contributed by atoms with E-state index in [9.17, 15) is 0 Å². The molecule has 132 heavy (non-hydrogen) atoms. The standard InChI is InChI=1S/C114H67N15S3/c1-5-27-69(28-6-1)103-119-106(122-109(120-103)77-36-21-35-75(65-77)76-61-64-94-89(67-76)84-42-24-45-87(112-116-91-48-15-19-53-97(91)131-112)101(84)129(94)114-125-107(71-31-9-3-10-32-71)124-108(126-114)72-33-11-4-12-34-72)74-59-62-79(63-60-74)127-95-51-26-40-81(99(95)85-43-25-46-88(102(85)127)113-117-92-49-16-20-54-98(92)132-113)68-55-57-73(58-56-68)105-118-104(70-29-7-2-8-30-70)121-110(123-105)78-37-22-38-80(66-78)128-93-50-17-13-39-82(93)83-41-23-44-86(100(83)128)111-115-90-47-14-18-52-96(90)130-111/h1-67H. The van der Waals surface area contributed by atoms with Crippen LogP contribution in [0.25, 0.3) is 258 Å². The van der Waals surface area contributed by atoms with Gasteiger partial charge >= 0.3 is 0 Å². The lowest BCUT2D eigenvalue weighted by atomic mass is 9.98. The van der Waals surface area contributed by atoms with Crippen LogP contribution in [-0.4, -0.2) is 73.5 Å². The summed E-state index contributed by atoms with van der Waals surface area (Å²) in [6.07, 6.45) is 0. The molecule has 0 aliphatic heterocycles. The van der Waals surface area contributed by atoms with Crippen LogP contribution in [0.5, 0.6) is 0 Å². The van der Waals surface area contributed by atoms with Gasteiger partial charge in [0.1, 0.15) is 15.0 Å². The Kier molecular flexibility index (Phi) is 18.1. The molecule has 9 aromatic heterocycles. The first-order valence-corrected chi connectivity index (χ1v) is 46.0. The van der Waals surface area contributed by atoms with Gasteiger partial charge in [-0.1, -0.05) is 285 Å². The van der Waals surface area contributed by atoms with E-state index in [1.54, 1.807) is 34.0 Å². The molecule has 0 aliphatic rings. The van der Waals surface area contributed by atoms with Gasteiger partial charge < -0.3 is 9.13 Å². The molecule has 0 saturated heterocycles. The van der Waals surface area contributed by atoms with Gasteiger partial charge in [0.15, 0.2) is 46.6 Å². The van der Waals surface area contributed by atoms with Gasteiger partial charge in [0, 0.05) is 105 Å². The first kappa shape index (κ1) is 76.1. The molecule has 0 fully saturated rings. The van der Waals surface area contributed by atoms with Gasteiger partial charge in [-0.25, -0.2) is 49.8 Å². The van der Waals surface area contributed by atoms with E-state index in [4.69, 9.17) is 59.8 Å². The lowest BCUT2D eigenvalue weighted by molar-refractivity contribution is 0.954. The van der Waals surface area contributed by atoms with E-state index in [1.807, 2.05) is 115 Å². The van der Waals surface area contributed by atoms with E-state index in [0.29, 0.717) is 52.5 Å². The number of nitrogens with zero attached hydrogens (tertiary/aromatic N) is 15. The zero-order chi connectivity index (χ0) is 86.9. The van der Waals surface area contributed by atoms with Crippen molar-refractivity contribution < 1.29 is 0 Å². The molecule has 0 radical (unpaired) electrons. The van der Waals surface area contributed by atoms with Gasteiger partial charge in [-0.05, 0) is 144 Å². The molecule has 0 unspecified atom stereocenters. The number of para-hydroxylation sites is 7. The van der Waals surface area contributed by atoms with Gasteiger partial charge in [-0.15, -0.1) is 34.0 Å². The Balaban J connectivity index is 0.571. The van der Waals surface area contributed by atoms with Crippen molar-refractivity contribution >= 4 is 130 Å². The minimum atomic E-state index is 0.496. The van der Waals surface area contributed by atoms with Crippen LogP contribution in [0.4, 0.5) is 0 Å². The summed E-state index contributed by atoms with van der Waals surface area (Å²) in [5.41, 5.74) is 25.0. The van der Waals surface area contributed by atoms with Crippen LogP contribution in [0, 0.1) is 0 Å². The van der Waals surface area contributed by atoms with E-state index in [0.717, 1.165) is 206 Å². The molecule has 0 atom stereocenters. The normalized spacial score (nSPS) is 11.8. The molecule has 0 N–H and O–H groups in total. The third-order valence-corrected chi connectivity index (χ3v) is 28.0. The minimum Gasteiger partial charge on any atom is -0.309 e. The Morgan fingerprint density at radius 3 is 1.02 bits per heavy atom. The maximum absolute atomic E-state index is 5.42. The lowest BCUT2D eigenvalue weighted by Gasteiger charge is -2.13. The summed E-state index contributed by atoms with van der Waals surface area (Å²) in [5, 5.41) is 9.35. The van der Waals surface area contributed by atoms with Gasteiger partial charge in [0.25, 0.3) is 0 Å². The third-order valence-electron chi connectivity index (χ3n) is 24.7. The van der Waals surface area contributed by atoms with E-state index >= 15 is 0 Å². The van der Waals surface area contributed by atoms with E-state index in [-0.39, 0.29) is 0 Å². The number of thiazole rings is 3. The summed E-state index contributed by atoms with van der Waals surface area (Å²) in [5.74, 6) is 4.95. The quantitative estimate of drug-likeness (QED) is 0.0898. The highest BCUT2D eigenvalue weighted by Gasteiger charge is 2.28. The van der Waals surface area contributed by atoms with Crippen LogP contribution < -0.4 is 0 Å². The number of fused-ring (bicyclic) bond motifs is 12. The summed E-state index contributed by atoms with van der Waals surface area (Å²) in [6, 6.07) is 142. The molecule has 26 rings (SSSR count). The monoisotopic (exact) mass is 1740 g/mol. The van der Waals surface area contributed by atoms with Crippen LogP contribution in [0.15, 0.2) is 406 Å². The number of hydrogen-bond acceptors (Lipinski definition) is 15. The molecule has 0 bridgehead atoms. The minimum absolute atomic E-state index is 0.496. The van der Waals surface area contributed by atoms with Crippen LogP contribution >= 0.6 is 34.0 Å². The fourth-order valence-electron chi connectivity index (χ4n) is 18.6. The van der Waals surface area contributed by atoms with Crippen molar-refractivity contribution in [2.24, 2.45) is 0 Å². The molecule has 17 aromatic carbocycles. The molecule has 0 aliphatic carbocycles. The Hall–Kier alpha value is -17.2. The van der Waals surface area contributed by atoms with Crippen molar-refractivity contribution in [1.29, 1.82) is 0 Å². The van der Waals surface area contributed by atoms with Gasteiger partial charge in [-0.3, -0.25) is 4.57 Å². The van der Waals surface area contributed by atoms with Crippen LogP contribution in [-0.2, 0) is 0 Å². The largest absolute Gasteiger partial charge is 0.309 e. The molecule has 616 valence electrons. The van der Waals surface area contributed by atoms with Crippen molar-refractivity contribution in [2.45, 2.75) is 0 Å². The first-order chi connectivity index (χ1) is 65.4. The molecule has 9 heterocycles. The van der Waals surface area contributed by atoms with Gasteiger partial charge in [0.05, 0.1) is 63.8 Å². The van der Waals surface area contributed by atoms with Crippen LogP contribution in [0.2, 0.25) is 0 Å². The topological polar surface area (TPSA) is 169 Å². The number of benzene rings is 17. The number of aromatic nitrogens is 15. The molecule has 0 spiro atoms. The second-order valence-corrected chi connectivity index (χ2v) is 35.7. The molecule has 18 heteroatoms. The fourth-order valence-corrected chi connectivity index (χ4v) is 21.6. The first-order valence-electron chi connectivity index (χ1n) is 43.6. The highest BCUT2D eigenvalue weighted by molar-refractivity contribution is 7.22. The van der Waals surface area contributed by atoms with Crippen LogP contribution in [0.3, 0.4) is 0 Å². The summed E-state index contributed by atoms with van der Waals surface area (Å²) >= 11 is 5.09. The zero-order valence-corrected chi connectivity index (χ0v) is 72.6. The molecule has 15 nitrogen and oxygen atoms in total. The summed E-state index contributed by atoms with van der Waals surface area (Å²) in [4.78, 5) is 63.5. The summed E-state index contributed by atoms with van der Waals surface area (Å²) in [6.45, 7) is 0. The van der Waals surface area contributed by atoms with Crippen molar-refractivity contribution in [2.75, 3.05) is 0 Å². The molecule has 0 amide bonds. The second-order valence-electron chi connectivity index (χ2n) is 32.6. The lowest BCUT2D eigenvalue weighted by Crippen LogP contribution is -2.07. The van der Waals surface area contributed by atoms with Gasteiger partial charge in [0.2, 0.25) is 5.95 Å². The Labute approximate surface area is 766 Å². The summed E-state index contributed by atoms with van der Waals surface area (Å²) < 4.78 is 10.3. The fraction of sp³-hybridized carbons (Fsp3) is 0. The number of rotatable bonds is 16. The third kappa shape index (κ3) is 13.1.